The Kier molecular flexibility index (Phi) is 8.75. The van der Waals surface area contributed by atoms with Crippen LogP contribution in [0.3, 0.4) is 0 Å². The topological polar surface area (TPSA) is 52.6 Å². The maximum atomic E-state index is 13.3. The number of nitrogens with zero attached hydrogens (tertiary/aromatic N) is 3. The maximum absolute atomic E-state index is 13.3. The number of hydrogen-bond donors (Lipinski definition) is 2. The highest BCUT2D eigenvalue weighted by molar-refractivity contribution is 14.0. The quantitative estimate of drug-likeness (QED) is 0.359. The number of halogens is 2. The second kappa shape index (κ2) is 10.8. The van der Waals surface area contributed by atoms with Gasteiger partial charge in [-0.05, 0) is 37.0 Å². The molecule has 0 bridgehead atoms. The van der Waals surface area contributed by atoms with Gasteiger partial charge in [0.2, 0.25) is 0 Å². The molecule has 1 aliphatic rings. The van der Waals surface area contributed by atoms with Gasteiger partial charge in [0.25, 0.3) is 0 Å². The number of hydrogen-bond acceptors (Lipinski definition) is 4. The fourth-order valence-electron chi connectivity index (χ4n) is 3.00. The molecular weight excluding hydrogens is 476 g/mol. The highest BCUT2D eigenvalue weighted by Crippen LogP contribution is 2.24. The van der Waals surface area contributed by atoms with Crippen molar-refractivity contribution >= 4 is 46.4 Å². The largest absolute Gasteiger partial charge is 0.356 e. The van der Waals surface area contributed by atoms with Gasteiger partial charge in [-0.1, -0.05) is 12.1 Å². The van der Waals surface area contributed by atoms with Crippen molar-refractivity contribution in [1.82, 2.24) is 15.6 Å². The molecule has 0 atom stereocenters. The van der Waals surface area contributed by atoms with Gasteiger partial charge in [0.1, 0.15) is 5.82 Å². The smallest absolute Gasteiger partial charge is 0.191 e. The first kappa shape index (κ1) is 21.9. The molecular formula is C19H27FIN5S. The lowest BCUT2D eigenvalue weighted by atomic mass is 10.1. The molecule has 0 unspecified atom stereocenters. The molecule has 0 amide bonds. The number of nitrogens with one attached hydrogen (secondary N) is 2. The predicted octanol–water partition coefficient (Wildman–Crippen LogP) is 3.72. The average molecular weight is 503 g/mol. The van der Waals surface area contributed by atoms with Crippen molar-refractivity contribution in [1.29, 1.82) is 0 Å². The first-order valence-corrected chi connectivity index (χ1v) is 9.92. The van der Waals surface area contributed by atoms with E-state index in [9.17, 15) is 4.39 Å². The molecule has 1 aromatic heterocycles. The van der Waals surface area contributed by atoms with Crippen molar-refractivity contribution in [2.24, 2.45) is 4.99 Å². The number of rotatable bonds is 6. The molecule has 148 valence electrons. The van der Waals surface area contributed by atoms with Crippen molar-refractivity contribution in [3.8, 4) is 0 Å². The lowest BCUT2D eigenvalue weighted by Crippen LogP contribution is -2.37. The summed E-state index contributed by atoms with van der Waals surface area (Å²) >= 11 is 1.73. The highest BCUT2D eigenvalue weighted by atomic mass is 127. The fourth-order valence-corrected chi connectivity index (χ4v) is 3.91. The normalized spacial score (nSPS) is 14.2. The summed E-state index contributed by atoms with van der Waals surface area (Å²) in [5.41, 5.74) is 2.81. The molecule has 5 nitrogen and oxygen atoms in total. The average Bonchev–Trinajstić information content (AvgIpc) is 3.32. The van der Waals surface area contributed by atoms with Gasteiger partial charge in [0.05, 0.1) is 5.69 Å². The van der Waals surface area contributed by atoms with Gasteiger partial charge in [0.15, 0.2) is 11.1 Å². The summed E-state index contributed by atoms with van der Waals surface area (Å²) in [6.45, 7) is 5.41. The summed E-state index contributed by atoms with van der Waals surface area (Å²) in [6, 6.07) is 5.14. The van der Waals surface area contributed by atoms with Crippen LogP contribution in [0.1, 0.15) is 29.7 Å². The van der Waals surface area contributed by atoms with E-state index in [0.29, 0.717) is 12.1 Å². The second-order valence-electron chi connectivity index (χ2n) is 6.50. The van der Waals surface area contributed by atoms with Gasteiger partial charge in [-0.25, -0.2) is 9.37 Å². The van der Waals surface area contributed by atoms with Crippen LogP contribution in [0.4, 0.5) is 9.52 Å². The predicted molar refractivity (Wildman–Crippen MR) is 122 cm³/mol. The van der Waals surface area contributed by atoms with E-state index in [1.165, 1.54) is 18.9 Å². The number of guanidine groups is 1. The van der Waals surface area contributed by atoms with Crippen LogP contribution in [0.25, 0.3) is 0 Å². The van der Waals surface area contributed by atoms with Crippen LogP contribution in [0.5, 0.6) is 0 Å². The summed E-state index contributed by atoms with van der Waals surface area (Å²) in [6.07, 6.45) is 3.40. The number of anilines is 1. The van der Waals surface area contributed by atoms with Crippen molar-refractivity contribution in [3.05, 3.63) is 46.2 Å². The van der Waals surface area contributed by atoms with Crippen LogP contribution in [0, 0.1) is 12.7 Å². The summed E-state index contributed by atoms with van der Waals surface area (Å²) in [5.74, 6) is 0.565. The summed E-state index contributed by atoms with van der Waals surface area (Å²) in [5, 5.41) is 9.86. The molecule has 27 heavy (non-hydrogen) atoms. The SMILES string of the molecule is CN=C(NCCc1csc(N2CCCC2)n1)NCc1ccc(F)c(C)c1.I. The molecule has 3 rings (SSSR count). The van der Waals surface area contributed by atoms with Crippen LogP contribution in [-0.2, 0) is 13.0 Å². The third kappa shape index (κ3) is 6.31. The molecule has 0 spiro atoms. The van der Waals surface area contributed by atoms with E-state index in [0.717, 1.165) is 48.4 Å². The molecule has 0 saturated carbocycles. The van der Waals surface area contributed by atoms with Crippen molar-refractivity contribution in [2.45, 2.75) is 32.7 Å². The van der Waals surface area contributed by atoms with Crippen molar-refractivity contribution in [2.75, 3.05) is 31.6 Å². The van der Waals surface area contributed by atoms with E-state index >= 15 is 0 Å². The lowest BCUT2D eigenvalue weighted by Gasteiger charge is -2.13. The number of aromatic nitrogens is 1. The Balaban J connectivity index is 0.00000261. The molecule has 1 fully saturated rings. The highest BCUT2D eigenvalue weighted by Gasteiger charge is 2.15. The lowest BCUT2D eigenvalue weighted by molar-refractivity contribution is 0.617. The molecule has 8 heteroatoms. The van der Waals surface area contributed by atoms with Crippen LogP contribution >= 0.6 is 35.3 Å². The Hall–Kier alpha value is -1.42. The Morgan fingerprint density at radius 1 is 1.30 bits per heavy atom. The van der Waals surface area contributed by atoms with E-state index in [4.69, 9.17) is 4.98 Å². The zero-order valence-corrected chi connectivity index (χ0v) is 18.9. The molecule has 1 aliphatic heterocycles. The van der Waals surface area contributed by atoms with E-state index in [-0.39, 0.29) is 29.8 Å². The molecule has 2 heterocycles. The minimum absolute atomic E-state index is 0. The monoisotopic (exact) mass is 503 g/mol. The Morgan fingerprint density at radius 3 is 2.78 bits per heavy atom. The summed E-state index contributed by atoms with van der Waals surface area (Å²) < 4.78 is 13.3. The van der Waals surface area contributed by atoms with E-state index in [2.05, 4.69) is 25.9 Å². The van der Waals surface area contributed by atoms with Gasteiger partial charge in [-0.3, -0.25) is 4.99 Å². The first-order chi connectivity index (χ1) is 12.7. The minimum atomic E-state index is -0.173. The van der Waals surface area contributed by atoms with E-state index in [1.807, 2.05) is 6.07 Å². The van der Waals surface area contributed by atoms with Crippen molar-refractivity contribution < 1.29 is 4.39 Å². The maximum Gasteiger partial charge on any atom is 0.191 e. The molecule has 2 N–H and O–H groups in total. The Labute approximate surface area is 181 Å². The number of aryl methyl sites for hydroxylation is 1. The Bertz CT molecular complexity index is 758. The van der Waals surface area contributed by atoms with Crippen LogP contribution in [0.15, 0.2) is 28.6 Å². The van der Waals surface area contributed by atoms with Crippen LogP contribution in [0.2, 0.25) is 0 Å². The third-order valence-electron chi connectivity index (χ3n) is 4.50. The number of benzene rings is 1. The molecule has 2 aromatic rings. The molecule has 0 aliphatic carbocycles. The van der Waals surface area contributed by atoms with Gasteiger partial charge >= 0.3 is 0 Å². The van der Waals surface area contributed by atoms with Crippen LogP contribution < -0.4 is 15.5 Å². The van der Waals surface area contributed by atoms with Gasteiger partial charge in [-0.2, -0.15) is 0 Å². The zero-order chi connectivity index (χ0) is 18.4. The fraction of sp³-hybridized carbons (Fsp3) is 0.474. The molecule has 0 radical (unpaired) electrons. The second-order valence-corrected chi connectivity index (χ2v) is 7.34. The Morgan fingerprint density at radius 2 is 2.07 bits per heavy atom. The molecule has 1 saturated heterocycles. The standard InChI is InChI=1S/C19H26FN5S.HI/c1-14-11-15(5-6-17(14)20)12-23-18(21-2)22-8-7-16-13-26-19(24-16)25-9-3-4-10-25;/h5-6,11,13H,3-4,7-10,12H2,1-2H3,(H2,21,22,23);1H. The van der Waals surface area contributed by atoms with Gasteiger partial charge < -0.3 is 15.5 Å². The van der Waals surface area contributed by atoms with E-state index < -0.39 is 0 Å². The van der Waals surface area contributed by atoms with Gasteiger partial charge in [0, 0.05) is 45.0 Å². The summed E-state index contributed by atoms with van der Waals surface area (Å²) in [4.78, 5) is 11.3. The number of aliphatic imine (C=N–C) groups is 1. The first-order valence-electron chi connectivity index (χ1n) is 9.04. The van der Waals surface area contributed by atoms with E-state index in [1.54, 1.807) is 31.4 Å². The van der Waals surface area contributed by atoms with Crippen LogP contribution in [-0.4, -0.2) is 37.6 Å². The summed E-state index contributed by atoms with van der Waals surface area (Å²) in [7, 11) is 1.75. The minimum Gasteiger partial charge on any atom is -0.356 e. The third-order valence-corrected chi connectivity index (χ3v) is 5.45. The zero-order valence-electron chi connectivity index (χ0n) is 15.8. The van der Waals surface area contributed by atoms with Crippen molar-refractivity contribution in [3.63, 3.8) is 0 Å². The molecule has 1 aromatic carbocycles. The van der Waals surface area contributed by atoms with Gasteiger partial charge in [-0.15, -0.1) is 35.3 Å². The number of thiazole rings is 1.